The molecule has 194 valence electrons. The van der Waals surface area contributed by atoms with E-state index in [1.54, 1.807) is 7.05 Å². The van der Waals surface area contributed by atoms with Crippen LogP contribution < -0.4 is 16.1 Å². The van der Waals surface area contributed by atoms with E-state index in [1.165, 1.54) is 53.2 Å². The Bertz CT molecular complexity index is 1610. The van der Waals surface area contributed by atoms with Crippen LogP contribution in [0.2, 0.25) is 0 Å². The number of fused-ring (bicyclic) bond motifs is 1. The maximum absolute atomic E-state index is 13.4. The average Bonchev–Trinajstić information content (AvgIpc) is 3.25. The Labute approximate surface area is 207 Å². The molecule has 37 heavy (non-hydrogen) atoms. The molecule has 2 aromatic heterocycles. The molecule has 0 saturated heterocycles. The summed E-state index contributed by atoms with van der Waals surface area (Å²) < 4.78 is 43.6. The number of carboxylic acids is 1. The summed E-state index contributed by atoms with van der Waals surface area (Å²) in [6.45, 7) is -0.929. The first-order valence-corrected chi connectivity index (χ1v) is 11.0. The smallest absolute Gasteiger partial charge is 0.416 e. The van der Waals surface area contributed by atoms with E-state index in [9.17, 15) is 37.8 Å². The van der Waals surface area contributed by atoms with Crippen LogP contribution in [0.5, 0.6) is 0 Å². The summed E-state index contributed by atoms with van der Waals surface area (Å²) in [4.78, 5) is 42.9. The van der Waals surface area contributed by atoms with Gasteiger partial charge in [-0.15, -0.1) is 0 Å². The number of benzene rings is 2. The van der Waals surface area contributed by atoms with Crippen LogP contribution in [0.25, 0.3) is 11.2 Å². The number of para-hydroxylation sites is 1. The molecule has 2 heterocycles. The van der Waals surface area contributed by atoms with E-state index in [0.717, 1.165) is 27.3 Å². The van der Waals surface area contributed by atoms with E-state index < -0.39 is 48.2 Å². The number of rotatable bonds is 7. The van der Waals surface area contributed by atoms with E-state index in [-0.39, 0.29) is 28.1 Å². The van der Waals surface area contributed by atoms with Gasteiger partial charge in [-0.25, -0.2) is 14.6 Å². The van der Waals surface area contributed by atoms with Gasteiger partial charge in [0.05, 0.1) is 42.3 Å². The number of carboxylic acid groups (broad SMARTS) is 1. The van der Waals surface area contributed by atoms with Gasteiger partial charge in [0.2, 0.25) is 0 Å². The lowest BCUT2D eigenvalue weighted by molar-refractivity contribution is -0.137. The second-order valence-electron chi connectivity index (χ2n) is 8.42. The number of aromatic carboxylic acids is 1. The van der Waals surface area contributed by atoms with Crippen molar-refractivity contribution < 1.29 is 28.2 Å². The summed E-state index contributed by atoms with van der Waals surface area (Å²) in [5, 5.41) is 20.6. The molecule has 0 saturated carbocycles. The zero-order valence-electron chi connectivity index (χ0n) is 19.7. The van der Waals surface area contributed by atoms with Gasteiger partial charge < -0.3 is 19.7 Å². The lowest BCUT2D eigenvalue weighted by atomic mass is 10.1. The number of aliphatic hydroxyl groups is 1. The van der Waals surface area contributed by atoms with Crippen LogP contribution in [-0.4, -0.2) is 47.5 Å². The van der Waals surface area contributed by atoms with Gasteiger partial charge in [0.1, 0.15) is 0 Å². The second-order valence-corrected chi connectivity index (χ2v) is 8.42. The van der Waals surface area contributed by atoms with Crippen molar-refractivity contribution in [2.75, 3.05) is 11.4 Å². The van der Waals surface area contributed by atoms with Crippen LogP contribution >= 0.6 is 0 Å². The summed E-state index contributed by atoms with van der Waals surface area (Å²) >= 11 is 0. The number of alkyl halides is 3. The van der Waals surface area contributed by atoms with Crippen molar-refractivity contribution >= 4 is 28.5 Å². The van der Waals surface area contributed by atoms with Crippen molar-refractivity contribution in [2.45, 2.75) is 18.8 Å². The molecule has 1 atom stereocenters. The molecule has 0 bridgehead atoms. The third-order valence-electron chi connectivity index (χ3n) is 5.90. The van der Waals surface area contributed by atoms with Crippen LogP contribution in [0.15, 0.2) is 64.4 Å². The summed E-state index contributed by atoms with van der Waals surface area (Å²) in [6.07, 6.45) is -4.76. The second kappa shape index (κ2) is 9.58. The highest BCUT2D eigenvalue weighted by Gasteiger charge is 2.31. The lowest BCUT2D eigenvalue weighted by Gasteiger charge is -2.29. The number of aliphatic hydroxyl groups excluding tert-OH is 1. The van der Waals surface area contributed by atoms with Gasteiger partial charge in [0.25, 0.3) is 5.56 Å². The number of carbonyl (C=O) groups is 1. The Balaban J connectivity index is 1.78. The van der Waals surface area contributed by atoms with Crippen molar-refractivity contribution in [3.63, 3.8) is 0 Å². The van der Waals surface area contributed by atoms with Crippen LogP contribution in [0, 0.1) is 0 Å². The highest BCUT2D eigenvalue weighted by Crippen LogP contribution is 2.35. The van der Waals surface area contributed by atoms with Gasteiger partial charge in [-0.2, -0.15) is 13.2 Å². The molecule has 0 amide bonds. The highest BCUT2D eigenvalue weighted by atomic mass is 19.4. The van der Waals surface area contributed by atoms with Gasteiger partial charge in [-0.05, 0) is 30.3 Å². The number of halogens is 3. The fraction of sp³-hybridized carbons (Fsp3) is 0.250. The Hall–Kier alpha value is -4.39. The third kappa shape index (κ3) is 4.85. The van der Waals surface area contributed by atoms with Crippen molar-refractivity contribution in [2.24, 2.45) is 14.1 Å². The van der Waals surface area contributed by atoms with Crippen LogP contribution in [0.1, 0.15) is 15.9 Å². The maximum Gasteiger partial charge on any atom is 0.416 e. The van der Waals surface area contributed by atoms with Crippen LogP contribution in [0.4, 0.5) is 24.5 Å². The van der Waals surface area contributed by atoms with E-state index >= 15 is 0 Å². The van der Waals surface area contributed by atoms with E-state index in [4.69, 9.17) is 0 Å². The Kier molecular flexibility index (Phi) is 6.65. The molecule has 0 unspecified atom stereocenters. The minimum Gasteiger partial charge on any atom is -0.478 e. The fourth-order valence-electron chi connectivity index (χ4n) is 4.12. The number of hydrogen-bond donors (Lipinski definition) is 2. The molecule has 4 rings (SSSR count). The monoisotopic (exact) mass is 517 g/mol. The molecular formula is C24H22F3N5O5. The first-order valence-electron chi connectivity index (χ1n) is 11.0. The summed E-state index contributed by atoms with van der Waals surface area (Å²) in [6, 6.07) is 9.84. The van der Waals surface area contributed by atoms with Crippen molar-refractivity contribution in [3.05, 3.63) is 86.8 Å². The maximum atomic E-state index is 13.4. The van der Waals surface area contributed by atoms with Crippen molar-refractivity contribution in [1.29, 1.82) is 0 Å². The van der Waals surface area contributed by atoms with Crippen molar-refractivity contribution in [1.82, 2.24) is 18.7 Å². The summed E-state index contributed by atoms with van der Waals surface area (Å²) in [5.74, 6) is -1.33. The molecule has 0 aliphatic carbocycles. The van der Waals surface area contributed by atoms with Crippen LogP contribution in [-0.2, 0) is 26.8 Å². The van der Waals surface area contributed by atoms with Gasteiger partial charge in [0, 0.05) is 19.8 Å². The number of nitrogens with zero attached hydrogens (tertiary/aromatic N) is 5. The Morgan fingerprint density at radius 1 is 1.11 bits per heavy atom. The topological polar surface area (TPSA) is 123 Å². The standard InChI is InChI=1S/C24H22F3N5O5/c1-29-13-28-20-19(29)21(34)32(23(37)30(20)2)12-16(33)11-31(18-9-4-3-8-17(18)22(35)36)15-7-5-6-14(10-15)24(25,26)27/h3-10,13,16,33H,11-12H2,1-2H3,(H,35,36)/t16-/m1/s1. The van der Waals surface area contributed by atoms with Gasteiger partial charge in [-0.3, -0.25) is 13.9 Å². The molecule has 2 N–H and O–H groups in total. The quantitative estimate of drug-likeness (QED) is 0.386. The van der Waals surface area contributed by atoms with Gasteiger partial charge in [0.15, 0.2) is 11.2 Å². The molecule has 0 radical (unpaired) electrons. The SMILES string of the molecule is Cn1cnc2c1c(=O)n(C[C@H](O)CN(c1cccc(C(F)(F)F)c1)c1ccccc1C(=O)O)c(=O)n2C. The predicted molar refractivity (Wildman–Crippen MR) is 128 cm³/mol. The van der Waals surface area contributed by atoms with Crippen molar-refractivity contribution in [3.8, 4) is 0 Å². The van der Waals surface area contributed by atoms with E-state index in [2.05, 4.69) is 4.98 Å². The Morgan fingerprint density at radius 2 is 1.81 bits per heavy atom. The number of aromatic nitrogens is 4. The molecule has 2 aromatic carbocycles. The number of imidazole rings is 1. The molecule has 0 aliphatic rings. The summed E-state index contributed by atoms with van der Waals surface area (Å²) in [7, 11) is 2.98. The number of hydrogen-bond acceptors (Lipinski definition) is 6. The lowest BCUT2D eigenvalue weighted by Crippen LogP contribution is -2.44. The molecule has 0 aliphatic heterocycles. The minimum absolute atomic E-state index is 0.0238. The summed E-state index contributed by atoms with van der Waals surface area (Å²) in [5.41, 5.74) is -2.36. The molecular weight excluding hydrogens is 495 g/mol. The molecule has 10 nitrogen and oxygen atoms in total. The van der Waals surface area contributed by atoms with Gasteiger partial charge >= 0.3 is 17.8 Å². The average molecular weight is 517 g/mol. The molecule has 4 aromatic rings. The zero-order valence-corrected chi connectivity index (χ0v) is 19.7. The first kappa shape index (κ1) is 25.7. The zero-order chi connectivity index (χ0) is 27.1. The van der Waals surface area contributed by atoms with E-state index in [0.29, 0.717) is 0 Å². The van der Waals surface area contributed by atoms with Crippen LogP contribution in [0.3, 0.4) is 0 Å². The largest absolute Gasteiger partial charge is 0.478 e. The first-order chi connectivity index (χ1) is 17.4. The number of aryl methyl sites for hydroxylation is 2. The Morgan fingerprint density at radius 3 is 2.49 bits per heavy atom. The highest BCUT2D eigenvalue weighted by molar-refractivity contribution is 5.95. The molecule has 0 fully saturated rings. The third-order valence-corrected chi connectivity index (χ3v) is 5.90. The normalized spacial score (nSPS) is 12.6. The molecule has 0 spiro atoms. The fourth-order valence-corrected chi connectivity index (χ4v) is 4.12. The van der Waals surface area contributed by atoms with E-state index in [1.807, 2.05) is 0 Å². The predicted octanol–water partition coefficient (Wildman–Crippen LogP) is 2.35. The minimum atomic E-state index is -4.66. The number of anilines is 2. The van der Waals surface area contributed by atoms with Gasteiger partial charge in [-0.1, -0.05) is 18.2 Å². The molecule has 13 heteroatoms.